The number of halogens is 2. The van der Waals surface area contributed by atoms with E-state index in [9.17, 15) is 0 Å². The van der Waals surface area contributed by atoms with Crippen LogP contribution >= 0.6 is 18.6 Å². The molecule has 0 heterocycles. The van der Waals surface area contributed by atoms with Gasteiger partial charge in [0.1, 0.15) is 0 Å². The van der Waals surface area contributed by atoms with E-state index in [2.05, 4.69) is 41.5 Å². The first-order chi connectivity index (χ1) is 14.5. The van der Waals surface area contributed by atoms with E-state index >= 15 is 0 Å². The number of nitrogens with zero attached hydrogens (tertiary/aromatic N) is 2. The molecule has 0 aliphatic heterocycles. The summed E-state index contributed by atoms with van der Waals surface area (Å²) < 4.78 is 0. The molecule has 2 atom stereocenters. The van der Waals surface area contributed by atoms with Crippen molar-refractivity contribution in [2.75, 3.05) is 0 Å². The van der Waals surface area contributed by atoms with Crippen LogP contribution in [0.4, 0.5) is 0 Å². The van der Waals surface area contributed by atoms with Crippen LogP contribution in [0.1, 0.15) is 119 Å². The van der Waals surface area contributed by atoms with Gasteiger partial charge in [0, 0.05) is 0 Å². The summed E-state index contributed by atoms with van der Waals surface area (Å²) in [7, 11) is 9.78. The summed E-state index contributed by atoms with van der Waals surface area (Å²) in [6, 6.07) is 2.31. The van der Waals surface area contributed by atoms with Gasteiger partial charge >= 0.3 is 35.6 Å². The van der Waals surface area contributed by atoms with E-state index < -0.39 is 17.0 Å². The Balaban J connectivity index is 0.00000107. The predicted molar refractivity (Wildman–Crippen MR) is 135 cm³/mol. The van der Waals surface area contributed by atoms with Crippen molar-refractivity contribution in [3.63, 3.8) is 0 Å². The first kappa shape index (κ1) is 28.5. The molecular weight excluding hydrogens is 459 g/mol. The molecule has 0 N–H and O–H groups in total. The van der Waals surface area contributed by atoms with Crippen molar-refractivity contribution in [1.29, 1.82) is 0 Å². The van der Waals surface area contributed by atoms with Gasteiger partial charge in [-0.05, 0) is 22.7 Å². The van der Waals surface area contributed by atoms with E-state index in [-0.39, 0.29) is 0 Å². The number of hydrogen-bond donors (Lipinski definition) is 0. The number of rotatable bonds is 4. The van der Waals surface area contributed by atoms with Gasteiger partial charge in [-0.2, -0.15) is 12.1 Å². The fraction of sp³-hybridized carbons (Fsp3) is 1.00. The molecule has 31 heavy (non-hydrogen) atoms. The van der Waals surface area contributed by atoms with Gasteiger partial charge in [0.15, 0.2) is 0 Å². The quantitative estimate of drug-likeness (QED) is 0.339. The minimum absolute atomic E-state index is 0.472. The van der Waals surface area contributed by atoms with Gasteiger partial charge in [-0.1, -0.05) is 119 Å². The predicted octanol–water partition coefficient (Wildman–Crippen LogP) is 9.63. The molecule has 0 aromatic heterocycles. The van der Waals surface area contributed by atoms with Crippen LogP contribution in [0.25, 0.3) is 10.6 Å². The van der Waals surface area contributed by atoms with E-state index in [1.807, 2.05) is 0 Å². The molecular formula is C26H48Cl2N2Ti-2. The third-order valence-corrected chi connectivity index (χ3v) is 8.34. The molecule has 0 aromatic rings. The minimum atomic E-state index is -0.556. The van der Waals surface area contributed by atoms with Gasteiger partial charge in [0.05, 0.1) is 0 Å². The fourth-order valence-electron chi connectivity index (χ4n) is 6.16. The molecule has 3 saturated carbocycles. The van der Waals surface area contributed by atoms with Gasteiger partial charge in [-0.25, -0.2) is 0 Å². The SMILES string of the molecule is CC(C)(C)C1CCC([N-]C2CCCCC2[N-]C2CCC(C(C)(C)C)CC2)CC1.[Cl][Ti][Cl]. The standard InChI is InChI=1S/C26H48N2.2ClH.Ti/c1-25(2,3)19-11-15-21(16-12-19)27-23-9-7-8-10-24(23)28-22-17-13-20(14-18-22)26(4,5)6;;;/h19-24H,7-18H2,1-6H3;2*1H;/q-2;;;+2/p-2. The third kappa shape index (κ3) is 9.77. The number of hydrogen-bond acceptors (Lipinski definition) is 0. The van der Waals surface area contributed by atoms with Crippen LogP contribution in [0, 0.1) is 22.7 Å². The van der Waals surface area contributed by atoms with Crippen molar-refractivity contribution < 1.29 is 17.0 Å². The molecule has 0 spiro atoms. The van der Waals surface area contributed by atoms with Crippen molar-refractivity contribution in [3.05, 3.63) is 10.6 Å². The Morgan fingerprint density at radius 3 is 1.10 bits per heavy atom. The maximum absolute atomic E-state index is 5.42. The molecule has 2 unspecified atom stereocenters. The van der Waals surface area contributed by atoms with Crippen molar-refractivity contribution in [1.82, 2.24) is 0 Å². The van der Waals surface area contributed by atoms with Crippen LogP contribution < -0.4 is 0 Å². The second-order valence-electron chi connectivity index (χ2n) is 12.5. The van der Waals surface area contributed by atoms with Crippen LogP contribution in [0.5, 0.6) is 0 Å². The van der Waals surface area contributed by atoms with E-state index in [0.717, 1.165) is 11.8 Å². The zero-order chi connectivity index (χ0) is 23.1. The van der Waals surface area contributed by atoms with Crippen molar-refractivity contribution in [3.8, 4) is 0 Å². The summed E-state index contributed by atoms with van der Waals surface area (Å²) in [6.07, 6.45) is 16.1. The fourth-order valence-corrected chi connectivity index (χ4v) is 6.16. The molecule has 0 aromatic carbocycles. The zero-order valence-corrected chi connectivity index (χ0v) is 24.2. The first-order valence-corrected chi connectivity index (χ1v) is 17.2. The Labute approximate surface area is 210 Å². The van der Waals surface area contributed by atoms with Crippen molar-refractivity contribution in [2.45, 2.75) is 143 Å². The average Bonchev–Trinajstić information content (AvgIpc) is 2.70. The molecule has 0 bridgehead atoms. The zero-order valence-electron chi connectivity index (χ0n) is 21.1. The summed E-state index contributed by atoms with van der Waals surface area (Å²) >= 11 is -0.556. The van der Waals surface area contributed by atoms with Crippen molar-refractivity contribution >= 4 is 18.6 Å². The topological polar surface area (TPSA) is 28.2 Å². The second kappa shape index (κ2) is 13.3. The van der Waals surface area contributed by atoms with E-state index in [1.54, 1.807) is 0 Å². The van der Waals surface area contributed by atoms with Crippen LogP contribution in [0.15, 0.2) is 0 Å². The van der Waals surface area contributed by atoms with Crippen molar-refractivity contribution in [2.24, 2.45) is 22.7 Å². The van der Waals surface area contributed by atoms with Crippen LogP contribution in [-0.2, 0) is 17.0 Å². The Hall–Kier alpha value is 1.21. The average molecular weight is 507 g/mol. The van der Waals surface area contributed by atoms with E-state index in [0.29, 0.717) is 35.0 Å². The Morgan fingerprint density at radius 1 is 0.548 bits per heavy atom. The molecule has 3 aliphatic carbocycles. The summed E-state index contributed by atoms with van der Waals surface area (Å²) in [6.45, 7) is 14.5. The summed E-state index contributed by atoms with van der Waals surface area (Å²) in [4.78, 5) is 0. The molecule has 5 heteroatoms. The van der Waals surface area contributed by atoms with E-state index in [4.69, 9.17) is 29.2 Å². The summed E-state index contributed by atoms with van der Waals surface area (Å²) in [5.41, 5.74) is 0.944. The molecule has 0 amide bonds. The maximum atomic E-state index is 5.42. The molecule has 3 fully saturated rings. The Kier molecular flexibility index (Phi) is 12.2. The van der Waals surface area contributed by atoms with E-state index in [1.165, 1.54) is 77.0 Å². The van der Waals surface area contributed by atoms with Gasteiger partial charge in [0.25, 0.3) is 0 Å². The van der Waals surface area contributed by atoms with Gasteiger partial charge < -0.3 is 10.6 Å². The Bertz CT molecular complexity index is 443. The molecule has 0 radical (unpaired) electrons. The monoisotopic (exact) mass is 506 g/mol. The summed E-state index contributed by atoms with van der Waals surface area (Å²) in [5.74, 6) is 1.78. The Morgan fingerprint density at radius 2 is 0.839 bits per heavy atom. The molecule has 3 rings (SSSR count). The van der Waals surface area contributed by atoms with Crippen LogP contribution in [0.3, 0.4) is 0 Å². The molecule has 0 saturated heterocycles. The second-order valence-corrected chi connectivity index (χ2v) is 15.1. The third-order valence-electron chi connectivity index (χ3n) is 8.34. The van der Waals surface area contributed by atoms with Gasteiger partial charge in [-0.15, -0.1) is 12.1 Å². The van der Waals surface area contributed by atoms with Gasteiger partial charge in [-0.3, -0.25) is 0 Å². The summed E-state index contributed by atoms with van der Waals surface area (Å²) in [5, 5.41) is 10.8. The normalized spacial score (nSPS) is 35.1. The van der Waals surface area contributed by atoms with Gasteiger partial charge in [0.2, 0.25) is 0 Å². The van der Waals surface area contributed by atoms with Crippen LogP contribution in [-0.4, -0.2) is 24.2 Å². The molecule has 2 nitrogen and oxygen atoms in total. The molecule has 3 aliphatic rings. The van der Waals surface area contributed by atoms with Crippen LogP contribution in [0.2, 0.25) is 0 Å². The molecule has 182 valence electrons. The first-order valence-electron chi connectivity index (χ1n) is 12.9.